The average Bonchev–Trinajstić information content (AvgIpc) is 2.70. The highest BCUT2D eigenvalue weighted by Crippen LogP contribution is 2.39. The molecule has 0 saturated heterocycles. The minimum Gasteiger partial charge on any atom is -0.468 e. The maximum absolute atomic E-state index is 12.3. The molecule has 0 heterocycles. The van der Waals surface area contributed by atoms with Crippen LogP contribution in [0.1, 0.15) is 25.3 Å². The molecule has 1 saturated carbocycles. The van der Waals surface area contributed by atoms with E-state index in [9.17, 15) is 9.59 Å². The number of Topliss-reactive ketones (excluding diaryl/α,β-unsaturated/α-hetero) is 1. The molecule has 0 radical (unpaired) electrons. The quantitative estimate of drug-likeness (QED) is 0.474. The fraction of sp³-hybridized carbons (Fsp3) is 0.333. The van der Waals surface area contributed by atoms with E-state index in [0.717, 1.165) is 5.56 Å². The number of esters is 1. The molecule has 3 nitrogen and oxygen atoms in total. The van der Waals surface area contributed by atoms with Gasteiger partial charge in [-0.2, -0.15) is 0 Å². The van der Waals surface area contributed by atoms with Gasteiger partial charge in [-0.05, 0) is 49.1 Å². The Morgan fingerprint density at radius 2 is 2.00 bits per heavy atom. The molecule has 19 heavy (non-hydrogen) atoms. The van der Waals surface area contributed by atoms with Crippen molar-refractivity contribution in [3.63, 3.8) is 0 Å². The zero-order valence-corrected chi connectivity index (χ0v) is 11.7. The van der Waals surface area contributed by atoms with Crippen molar-refractivity contribution >= 4 is 29.4 Å². The molecule has 1 atom stereocenters. The van der Waals surface area contributed by atoms with E-state index in [1.165, 1.54) is 7.11 Å². The standard InChI is InChI=1S/C15H15ClO3/c1-15(14(18)19-2)8-7-11(13(15)17)9-10-3-5-12(16)6-4-10/h3-6,9H,7-8H2,1-2H3. The molecule has 0 amide bonds. The van der Waals surface area contributed by atoms with E-state index < -0.39 is 11.4 Å². The van der Waals surface area contributed by atoms with E-state index in [2.05, 4.69) is 0 Å². The number of methoxy groups -OCH3 is 1. The lowest BCUT2D eigenvalue weighted by molar-refractivity contribution is -0.154. The number of ether oxygens (including phenoxy) is 1. The molecule has 0 spiro atoms. The predicted octanol–water partition coefficient (Wildman–Crippen LogP) is 3.27. The number of rotatable bonds is 2. The Hall–Kier alpha value is -1.61. The zero-order valence-electron chi connectivity index (χ0n) is 10.9. The highest BCUT2D eigenvalue weighted by Gasteiger charge is 2.47. The van der Waals surface area contributed by atoms with E-state index in [1.807, 2.05) is 18.2 Å². The molecule has 2 rings (SSSR count). The van der Waals surface area contributed by atoms with Gasteiger partial charge in [-0.3, -0.25) is 9.59 Å². The molecule has 0 N–H and O–H groups in total. The van der Waals surface area contributed by atoms with Gasteiger partial charge in [0.25, 0.3) is 0 Å². The maximum atomic E-state index is 12.3. The Labute approximate surface area is 117 Å². The van der Waals surface area contributed by atoms with E-state index in [4.69, 9.17) is 16.3 Å². The van der Waals surface area contributed by atoms with Crippen molar-refractivity contribution in [1.82, 2.24) is 0 Å². The first-order valence-electron chi connectivity index (χ1n) is 6.07. The molecule has 100 valence electrons. The van der Waals surface area contributed by atoms with Gasteiger partial charge < -0.3 is 4.74 Å². The van der Waals surface area contributed by atoms with Gasteiger partial charge in [0.1, 0.15) is 5.41 Å². The van der Waals surface area contributed by atoms with E-state index in [1.54, 1.807) is 19.1 Å². The first kappa shape index (κ1) is 13.8. The molecule has 0 aromatic heterocycles. The normalized spacial score (nSPS) is 24.8. The van der Waals surface area contributed by atoms with Crippen molar-refractivity contribution in [2.45, 2.75) is 19.8 Å². The minimum absolute atomic E-state index is 0.144. The van der Waals surface area contributed by atoms with Crippen LogP contribution >= 0.6 is 11.6 Å². The number of halogens is 1. The summed E-state index contributed by atoms with van der Waals surface area (Å²) in [7, 11) is 1.31. The minimum atomic E-state index is -1.03. The van der Waals surface area contributed by atoms with Crippen molar-refractivity contribution < 1.29 is 14.3 Å². The van der Waals surface area contributed by atoms with Crippen molar-refractivity contribution in [2.24, 2.45) is 5.41 Å². The second kappa shape index (κ2) is 5.17. The fourth-order valence-corrected chi connectivity index (χ4v) is 2.41. The van der Waals surface area contributed by atoms with Gasteiger partial charge in [0.05, 0.1) is 7.11 Å². The summed E-state index contributed by atoms with van der Waals surface area (Å²) in [6.07, 6.45) is 2.90. The van der Waals surface area contributed by atoms with Crippen LogP contribution in [-0.4, -0.2) is 18.9 Å². The first-order valence-corrected chi connectivity index (χ1v) is 6.44. The Morgan fingerprint density at radius 1 is 1.37 bits per heavy atom. The third-order valence-corrected chi connectivity index (χ3v) is 3.79. The summed E-state index contributed by atoms with van der Waals surface area (Å²) in [5.74, 6) is -0.605. The number of carbonyl (C=O) groups is 2. The van der Waals surface area contributed by atoms with Gasteiger partial charge in [0.2, 0.25) is 0 Å². The average molecular weight is 279 g/mol. The lowest BCUT2D eigenvalue weighted by Crippen LogP contribution is -2.33. The van der Waals surface area contributed by atoms with Gasteiger partial charge in [0, 0.05) is 5.02 Å². The van der Waals surface area contributed by atoms with Crippen molar-refractivity contribution in [2.75, 3.05) is 7.11 Å². The Balaban J connectivity index is 2.27. The second-order valence-electron chi connectivity index (χ2n) is 4.87. The van der Waals surface area contributed by atoms with Crippen LogP contribution in [0, 0.1) is 5.41 Å². The van der Waals surface area contributed by atoms with Crippen LogP contribution in [0.2, 0.25) is 5.02 Å². The summed E-state index contributed by atoms with van der Waals surface area (Å²) in [5, 5.41) is 0.652. The predicted molar refractivity (Wildman–Crippen MR) is 73.8 cm³/mol. The van der Waals surface area contributed by atoms with E-state index >= 15 is 0 Å². The molecule has 0 bridgehead atoms. The van der Waals surface area contributed by atoms with Gasteiger partial charge >= 0.3 is 5.97 Å². The molecule has 1 aromatic carbocycles. The zero-order chi connectivity index (χ0) is 14.0. The highest BCUT2D eigenvalue weighted by molar-refractivity contribution is 6.30. The molecular weight excluding hydrogens is 264 g/mol. The third kappa shape index (κ3) is 2.56. The highest BCUT2D eigenvalue weighted by atomic mass is 35.5. The first-order chi connectivity index (χ1) is 8.97. The summed E-state index contributed by atoms with van der Waals surface area (Å²) < 4.78 is 4.72. The van der Waals surface area contributed by atoms with Gasteiger partial charge in [-0.25, -0.2) is 0 Å². The van der Waals surface area contributed by atoms with Crippen molar-refractivity contribution in [3.8, 4) is 0 Å². The van der Waals surface area contributed by atoms with Crippen LogP contribution in [0.25, 0.3) is 6.08 Å². The van der Waals surface area contributed by atoms with Gasteiger partial charge in [0.15, 0.2) is 5.78 Å². The fourth-order valence-electron chi connectivity index (χ4n) is 2.28. The largest absolute Gasteiger partial charge is 0.468 e. The molecule has 0 aliphatic heterocycles. The van der Waals surface area contributed by atoms with E-state index in [-0.39, 0.29) is 5.78 Å². The topological polar surface area (TPSA) is 43.4 Å². The van der Waals surface area contributed by atoms with Crippen LogP contribution in [0.4, 0.5) is 0 Å². The summed E-state index contributed by atoms with van der Waals surface area (Å²) in [4.78, 5) is 24.0. The number of ketones is 1. The Bertz CT molecular complexity index is 545. The molecular formula is C15H15ClO3. The van der Waals surface area contributed by atoms with Crippen molar-refractivity contribution in [1.29, 1.82) is 0 Å². The Morgan fingerprint density at radius 3 is 2.58 bits per heavy atom. The lowest BCUT2D eigenvalue weighted by atomic mass is 9.87. The van der Waals surface area contributed by atoms with Crippen LogP contribution in [0.3, 0.4) is 0 Å². The van der Waals surface area contributed by atoms with Crippen LogP contribution in [-0.2, 0) is 14.3 Å². The number of carbonyl (C=O) groups excluding carboxylic acids is 2. The monoisotopic (exact) mass is 278 g/mol. The van der Waals surface area contributed by atoms with Gasteiger partial charge in [-0.1, -0.05) is 23.7 Å². The van der Waals surface area contributed by atoms with Gasteiger partial charge in [-0.15, -0.1) is 0 Å². The van der Waals surface area contributed by atoms with Crippen LogP contribution in [0.15, 0.2) is 29.8 Å². The molecule has 1 unspecified atom stereocenters. The molecule has 4 heteroatoms. The summed E-state index contributed by atoms with van der Waals surface area (Å²) in [6, 6.07) is 7.23. The molecule has 1 aromatic rings. The lowest BCUT2D eigenvalue weighted by Gasteiger charge is -2.17. The van der Waals surface area contributed by atoms with E-state index in [0.29, 0.717) is 23.4 Å². The van der Waals surface area contributed by atoms with Crippen LogP contribution in [0.5, 0.6) is 0 Å². The maximum Gasteiger partial charge on any atom is 0.319 e. The number of hydrogen-bond donors (Lipinski definition) is 0. The van der Waals surface area contributed by atoms with Crippen molar-refractivity contribution in [3.05, 3.63) is 40.4 Å². The smallest absolute Gasteiger partial charge is 0.319 e. The van der Waals surface area contributed by atoms with Crippen LogP contribution < -0.4 is 0 Å². The SMILES string of the molecule is COC(=O)C1(C)CCC(=Cc2ccc(Cl)cc2)C1=O. The molecule has 1 aliphatic carbocycles. The number of hydrogen-bond acceptors (Lipinski definition) is 3. The summed E-state index contributed by atoms with van der Waals surface area (Å²) in [5.41, 5.74) is 0.532. The Kier molecular flexibility index (Phi) is 3.76. The summed E-state index contributed by atoms with van der Waals surface area (Å²) in [6.45, 7) is 1.64. The second-order valence-corrected chi connectivity index (χ2v) is 5.31. The molecule has 1 fully saturated rings. The number of allylic oxidation sites excluding steroid dienone is 1. The number of benzene rings is 1. The third-order valence-electron chi connectivity index (χ3n) is 3.53. The summed E-state index contributed by atoms with van der Waals surface area (Å²) >= 11 is 5.81. The molecule has 1 aliphatic rings.